The molecule has 4 N–H and O–H groups in total. The molecule has 16 nitrogen and oxygen atoms in total. The molecular weight excluding hydrogens is 1580 g/mol. The van der Waals surface area contributed by atoms with E-state index in [4.69, 9.17) is 32.3 Å². The zero-order valence-corrected chi connectivity index (χ0v) is 80.1. The second-order valence-electron chi connectivity index (χ2n) is 33.2. The highest BCUT2D eigenvalue weighted by Crippen LogP contribution is 2.45. The summed E-state index contributed by atoms with van der Waals surface area (Å²) in [7, 11) is -9.82. The molecule has 5 atom stereocenters. The summed E-state index contributed by atoms with van der Waals surface area (Å²) in [5, 5.41) is 20.8. The van der Waals surface area contributed by atoms with E-state index in [2.05, 4.69) is 179 Å². The Morgan fingerprint density at radius 3 is 0.683 bits per heavy atom. The Morgan fingerprint density at radius 1 is 0.236 bits per heavy atom. The molecule has 0 saturated carbocycles. The molecular formula is C105H182O16P2. The first kappa shape index (κ1) is 118. The van der Waals surface area contributed by atoms with Gasteiger partial charge in [0, 0.05) is 19.3 Å². The lowest BCUT2D eigenvalue weighted by atomic mass is 10.0. The number of hydrogen-bond acceptors (Lipinski definition) is 14. The molecule has 708 valence electrons. The van der Waals surface area contributed by atoms with Crippen LogP contribution in [0, 0.1) is 0 Å². The van der Waals surface area contributed by atoms with E-state index in [0.29, 0.717) is 19.3 Å². The Morgan fingerprint density at radius 2 is 0.431 bits per heavy atom. The fourth-order valence-corrected chi connectivity index (χ4v) is 15.3. The molecule has 0 heterocycles. The number of carbonyl (C=O) groups excluding carboxylic acids is 3. The molecule has 0 rings (SSSR count). The van der Waals surface area contributed by atoms with E-state index in [1.165, 1.54) is 218 Å². The van der Waals surface area contributed by atoms with Crippen LogP contribution in [0.1, 0.15) is 432 Å². The van der Waals surface area contributed by atoms with E-state index in [-0.39, 0.29) is 19.3 Å². The Kier molecular flexibility index (Phi) is 92.5. The van der Waals surface area contributed by atoms with Crippen molar-refractivity contribution < 1.29 is 75.8 Å². The van der Waals surface area contributed by atoms with Gasteiger partial charge in [-0.1, -0.05) is 416 Å². The second kappa shape index (κ2) is 96.3. The van der Waals surface area contributed by atoms with Crippen molar-refractivity contribution in [1.29, 1.82) is 0 Å². The number of aliphatic hydroxyl groups excluding tert-OH is 2. The van der Waals surface area contributed by atoms with Crippen LogP contribution in [0.3, 0.4) is 0 Å². The van der Waals surface area contributed by atoms with Gasteiger partial charge in [0.15, 0.2) is 6.10 Å². The maximum absolute atomic E-state index is 13.1. The highest BCUT2D eigenvalue weighted by atomic mass is 31.2. The third-order valence-electron chi connectivity index (χ3n) is 21.2. The van der Waals surface area contributed by atoms with Crippen molar-refractivity contribution in [2.24, 2.45) is 0 Å². The van der Waals surface area contributed by atoms with Crippen molar-refractivity contribution >= 4 is 33.6 Å². The minimum atomic E-state index is -4.95. The van der Waals surface area contributed by atoms with Gasteiger partial charge in [-0.25, -0.2) is 9.13 Å². The molecule has 0 aliphatic rings. The van der Waals surface area contributed by atoms with Crippen LogP contribution in [0.15, 0.2) is 158 Å². The third kappa shape index (κ3) is 97.6. The fraction of sp³-hybridized carbons (Fsp3) is 0.724. The Bertz CT molecular complexity index is 2870. The number of esters is 3. The van der Waals surface area contributed by atoms with Crippen LogP contribution in [0.2, 0.25) is 0 Å². The SMILES string of the molecule is CC/C=C\C/C=C\C/C=C\C/C=C\C/C=C\CCCCCCCCCCCC(=O)OC(COC(=O)CCCCCCCCCCCCCCC/C=C\C/C=C\C/C=C\C/C=C\CCCCC)COP(=O)(O)OCC(O)COP(=O)(O)OCC(O)COC(=O)CCCCCCCCCCCCCCCCCCC/C=C\C/C=C\C/C=C\C/C=C\CCCCC. The van der Waals surface area contributed by atoms with Gasteiger partial charge in [0.25, 0.3) is 0 Å². The predicted molar refractivity (Wildman–Crippen MR) is 519 cm³/mol. The third-order valence-corrected chi connectivity index (χ3v) is 23.1. The molecule has 18 heteroatoms. The van der Waals surface area contributed by atoms with Crippen molar-refractivity contribution in [1.82, 2.24) is 0 Å². The topological polar surface area (TPSA) is 231 Å². The number of rotatable bonds is 94. The average Bonchev–Trinajstić information content (AvgIpc) is 0.898. The molecule has 0 fully saturated rings. The molecule has 0 bridgehead atoms. The molecule has 0 spiro atoms. The zero-order valence-electron chi connectivity index (χ0n) is 78.3. The number of unbranched alkanes of at least 4 members (excludes halogenated alkanes) is 45. The van der Waals surface area contributed by atoms with Gasteiger partial charge in [0.2, 0.25) is 0 Å². The first-order valence-electron chi connectivity index (χ1n) is 49.8. The number of allylic oxidation sites excluding steroid dienone is 26. The average molecular weight is 1760 g/mol. The summed E-state index contributed by atoms with van der Waals surface area (Å²) < 4.78 is 61.6. The van der Waals surface area contributed by atoms with E-state index in [0.717, 1.165) is 154 Å². The summed E-state index contributed by atoms with van der Waals surface area (Å²) in [6.45, 7) is 2.58. The van der Waals surface area contributed by atoms with Crippen molar-refractivity contribution in [3.63, 3.8) is 0 Å². The van der Waals surface area contributed by atoms with Gasteiger partial charge in [-0.15, -0.1) is 0 Å². The van der Waals surface area contributed by atoms with Crippen LogP contribution in [-0.2, 0) is 55.8 Å². The van der Waals surface area contributed by atoms with Gasteiger partial charge in [0.05, 0.1) is 26.4 Å². The van der Waals surface area contributed by atoms with Crippen LogP contribution in [0.4, 0.5) is 0 Å². The number of phosphoric ester groups is 2. The number of phosphoric acid groups is 2. The molecule has 0 saturated heterocycles. The molecule has 0 aliphatic carbocycles. The van der Waals surface area contributed by atoms with Crippen molar-refractivity contribution in [2.45, 2.75) is 450 Å². The molecule has 0 radical (unpaired) electrons. The molecule has 0 aromatic heterocycles. The summed E-state index contributed by atoms with van der Waals surface area (Å²) in [5.74, 6) is -1.57. The van der Waals surface area contributed by atoms with Crippen LogP contribution < -0.4 is 0 Å². The Balaban J connectivity index is 4.59. The lowest BCUT2D eigenvalue weighted by Crippen LogP contribution is -2.30. The molecule has 0 amide bonds. The van der Waals surface area contributed by atoms with Gasteiger partial charge in [0.1, 0.15) is 25.4 Å². The smallest absolute Gasteiger partial charge is 0.463 e. The summed E-state index contributed by atoms with van der Waals surface area (Å²) >= 11 is 0. The monoisotopic (exact) mass is 1760 g/mol. The van der Waals surface area contributed by atoms with E-state index < -0.39 is 91.5 Å². The van der Waals surface area contributed by atoms with Gasteiger partial charge in [-0.05, 0) is 154 Å². The van der Waals surface area contributed by atoms with E-state index in [9.17, 15) is 43.5 Å². The van der Waals surface area contributed by atoms with Crippen LogP contribution in [0.5, 0.6) is 0 Å². The Hall–Kier alpha value is -4.83. The second-order valence-corrected chi connectivity index (χ2v) is 36.1. The molecule has 5 unspecified atom stereocenters. The van der Waals surface area contributed by atoms with Crippen molar-refractivity contribution in [2.75, 3.05) is 39.6 Å². The van der Waals surface area contributed by atoms with Crippen LogP contribution in [-0.4, -0.2) is 95.9 Å². The van der Waals surface area contributed by atoms with Crippen LogP contribution in [0.25, 0.3) is 0 Å². The first-order chi connectivity index (χ1) is 60.2. The maximum Gasteiger partial charge on any atom is 0.472 e. The lowest BCUT2D eigenvalue weighted by molar-refractivity contribution is -0.161. The number of ether oxygens (including phenoxy) is 3. The maximum atomic E-state index is 13.1. The van der Waals surface area contributed by atoms with Crippen molar-refractivity contribution in [3.8, 4) is 0 Å². The minimum absolute atomic E-state index is 0.0938. The number of hydrogen-bond donors (Lipinski definition) is 4. The predicted octanol–water partition coefficient (Wildman–Crippen LogP) is 31.2. The summed E-state index contributed by atoms with van der Waals surface area (Å²) in [6.07, 6.45) is 124. The standard InChI is InChI=1S/C105H182O16P2/c1-4-7-10-13-16-19-22-25-28-31-34-37-40-43-45-47-48-49-50-52-54-56-58-61-64-67-70-73-76-79-82-85-88-91-103(108)115-94-100(106)95-117-122(111,112)118-96-101(107)97-119-123(113,114)120-99-102(121-105(110)93-90-87-84-81-78-75-72-69-66-63-60-55-42-39-36-33-30-27-24-21-18-15-12-9-6-3)98-116-104(109)92-89-86-83-80-77-74-71-68-65-62-59-57-53-51-46-44-41-38-35-32-29-26-23-20-17-14-11-8-5-2/h9,12,16-21,25-30,34-39,43-46,55,60,100-102,106-107H,4-8,10-11,13-15,22-24,31-33,40-42,47-54,56-59,61-99H2,1-3H3,(H,111,112)(H,113,114)/b12-9-,19-16-,20-17-,21-18-,28-25-,29-26-,30-27-,37-34-,38-35-,39-36-,45-43-,46-44-,60-55-. The van der Waals surface area contributed by atoms with E-state index >= 15 is 0 Å². The van der Waals surface area contributed by atoms with Gasteiger partial charge >= 0.3 is 33.6 Å². The van der Waals surface area contributed by atoms with Crippen molar-refractivity contribution in [3.05, 3.63) is 158 Å². The largest absolute Gasteiger partial charge is 0.472 e. The van der Waals surface area contributed by atoms with Crippen LogP contribution >= 0.6 is 15.6 Å². The highest BCUT2D eigenvalue weighted by Gasteiger charge is 2.30. The quantitative estimate of drug-likeness (QED) is 0.0146. The Labute approximate surface area is 752 Å². The highest BCUT2D eigenvalue weighted by molar-refractivity contribution is 7.47. The first-order valence-corrected chi connectivity index (χ1v) is 52.8. The summed E-state index contributed by atoms with van der Waals surface area (Å²) in [6, 6.07) is 0. The fourth-order valence-electron chi connectivity index (χ4n) is 13.7. The molecule has 0 aromatic rings. The molecule has 0 aliphatic heterocycles. The summed E-state index contributed by atoms with van der Waals surface area (Å²) in [4.78, 5) is 59.2. The van der Waals surface area contributed by atoms with Gasteiger partial charge in [-0.3, -0.25) is 32.5 Å². The normalized spacial score (nSPS) is 14.4. The minimum Gasteiger partial charge on any atom is -0.463 e. The van der Waals surface area contributed by atoms with E-state index in [1.54, 1.807) is 0 Å². The summed E-state index contributed by atoms with van der Waals surface area (Å²) in [5.41, 5.74) is 0. The number of carbonyl (C=O) groups is 3. The molecule has 0 aromatic carbocycles. The van der Waals surface area contributed by atoms with Gasteiger partial charge < -0.3 is 34.2 Å². The zero-order chi connectivity index (χ0) is 89.3. The van der Waals surface area contributed by atoms with Gasteiger partial charge in [-0.2, -0.15) is 0 Å². The van der Waals surface area contributed by atoms with E-state index in [1.807, 2.05) is 0 Å². The lowest BCUT2D eigenvalue weighted by Gasteiger charge is -2.21. The molecule has 123 heavy (non-hydrogen) atoms. The number of aliphatic hydroxyl groups is 2.